The van der Waals surface area contributed by atoms with Gasteiger partial charge in [-0.2, -0.15) is 0 Å². The minimum Gasteiger partial charge on any atom is -0.332 e. The Balaban J connectivity index is 1.68. The molecule has 0 aromatic rings. The molecule has 0 bridgehead atoms. The highest BCUT2D eigenvalue weighted by Crippen LogP contribution is 2.12. The second-order valence-corrected chi connectivity index (χ2v) is 6.47. The molecule has 82 valence electrons. The Morgan fingerprint density at radius 2 is 2.00 bits per heavy atom. The summed E-state index contributed by atoms with van der Waals surface area (Å²) in [7, 11) is 0.584. The van der Waals surface area contributed by atoms with E-state index >= 15 is 0 Å². The van der Waals surface area contributed by atoms with Crippen LogP contribution in [0.15, 0.2) is 0 Å². The van der Waals surface area contributed by atoms with Crippen molar-refractivity contribution < 1.29 is 4.79 Å². The molecule has 0 unspecified atom stereocenters. The highest BCUT2D eigenvalue weighted by molar-refractivity contribution is 7.97. The van der Waals surface area contributed by atoms with Gasteiger partial charge in [0.15, 0.2) is 5.75 Å². The zero-order chi connectivity index (χ0) is 10.5. The quantitative estimate of drug-likeness (QED) is 0.507. The zero-order valence-corrected chi connectivity index (χ0v) is 9.94. The van der Waals surface area contributed by atoms with Crippen LogP contribution < -0.4 is 0 Å². The molecule has 0 saturated carbocycles. The van der Waals surface area contributed by atoms with E-state index in [1.54, 1.807) is 0 Å². The zero-order valence-electron chi connectivity index (χ0n) is 9.13. The molecule has 2 fully saturated rings. The van der Waals surface area contributed by atoms with Crippen molar-refractivity contribution in [1.29, 1.82) is 0 Å². The maximum Gasteiger partial charge on any atom is 0.223 e. The predicted molar refractivity (Wildman–Crippen MR) is 64.8 cm³/mol. The minimum atomic E-state index is 0.285. The second kappa shape index (κ2) is 5.46. The van der Waals surface area contributed by atoms with Crippen LogP contribution in [-0.2, 0) is 15.7 Å². The van der Waals surface area contributed by atoms with Crippen LogP contribution in [0.1, 0.15) is 25.7 Å². The first-order chi connectivity index (χ1) is 7.36. The van der Waals surface area contributed by atoms with Gasteiger partial charge in [0.2, 0.25) is 5.91 Å². The molecule has 3 heteroatoms. The molecule has 0 spiro atoms. The monoisotopic (exact) mass is 224 g/mol. The predicted octanol–water partition coefficient (Wildman–Crippen LogP) is 1.02. The highest BCUT2D eigenvalue weighted by Gasteiger charge is 2.22. The van der Waals surface area contributed by atoms with Gasteiger partial charge in [-0.1, -0.05) is 5.92 Å². The van der Waals surface area contributed by atoms with Crippen LogP contribution in [0.3, 0.4) is 0 Å². The fourth-order valence-electron chi connectivity index (χ4n) is 2.03. The molecule has 15 heavy (non-hydrogen) atoms. The molecule has 1 amide bonds. The largest absolute Gasteiger partial charge is 0.332 e. The van der Waals surface area contributed by atoms with E-state index < -0.39 is 0 Å². The Hall–Kier alpha value is -0.620. The Bertz CT molecular complexity index is 286. The summed E-state index contributed by atoms with van der Waals surface area (Å²) < 4.78 is 0. The third-order valence-corrected chi connectivity index (χ3v) is 5.24. The summed E-state index contributed by atoms with van der Waals surface area (Å²) in [5.74, 6) is 10.5. The van der Waals surface area contributed by atoms with Crippen molar-refractivity contribution in [2.24, 2.45) is 0 Å². The van der Waals surface area contributed by atoms with E-state index in [0.717, 1.165) is 25.1 Å². The number of carbonyl (C=O) groups is 1. The van der Waals surface area contributed by atoms with Crippen molar-refractivity contribution in [3.05, 3.63) is 0 Å². The molecule has 0 aromatic heterocycles. The van der Waals surface area contributed by atoms with Crippen molar-refractivity contribution in [3.63, 3.8) is 0 Å². The number of likely N-dealkylation sites (tertiary alicyclic amines) is 1. The molecule has 2 aliphatic rings. The molecule has 2 saturated heterocycles. The van der Waals surface area contributed by atoms with E-state index in [-0.39, 0.29) is 5.91 Å². The minimum absolute atomic E-state index is 0.285. The normalized spacial score (nSPS) is 21.9. The molecule has 0 N–H and O–H groups in total. The Morgan fingerprint density at radius 3 is 2.67 bits per heavy atom. The fourth-order valence-corrected chi connectivity index (χ4v) is 4.06. The van der Waals surface area contributed by atoms with Gasteiger partial charge in [-0.25, -0.2) is 0 Å². The maximum absolute atomic E-state index is 11.3. The third kappa shape index (κ3) is 3.17. The van der Waals surface area contributed by atoms with Crippen LogP contribution in [-0.4, -0.2) is 41.2 Å². The molecule has 0 radical (unpaired) electrons. The summed E-state index contributed by atoms with van der Waals surface area (Å²) in [6, 6.07) is 0. The molecule has 2 aliphatic heterocycles. The van der Waals surface area contributed by atoms with Gasteiger partial charge < -0.3 is 4.90 Å². The first kappa shape index (κ1) is 10.9. The number of nitrogens with zero attached hydrogens (tertiary/aromatic N) is 1. The smallest absolute Gasteiger partial charge is 0.223 e. The lowest BCUT2D eigenvalue weighted by atomic mass is 10.4. The molecule has 0 aliphatic carbocycles. The Labute approximate surface area is 94.8 Å². The van der Waals surface area contributed by atoms with Crippen molar-refractivity contribution in [2.75, 3.05) is 30.3 Å². The van der Waals surface area contributed by atoms with Crippen LogP contribution in [0.5, 0.6) is 0 Å². The van der Waals surface area contributed by atoms with E-state index in [9.17, 15) is 4.79 Å². The Kier molecular flexibility index (Phi) is 3.96. The van der Waals surface area contributed by atoms with Gasteiger partial charge in [0, 0.05) is 13.0 Å². The summed E-state index contributed by atoms with van der Waals surface area (Å²) in [6.07, 6.45) is 4.54. The lowest BCUT2D eigenvalue weighted by molar-refractivity contribution is -0.127. The standard InChI is InChI=1S/C12H18NOS/c14-12-6-5-8-13(12)7-1-2-9-15-10-3-4-11-15/h3-11H2/q+1. The van der Waals surface area contributed by atoms with E-state index in [1.807, 2.05) is 4.90 Å². The Morgan fingerprint density at radius 1 is 1.20 bits per heavy atom. The highest BCUT2D eigenvalue weighted by atomic mass is 32.2. The molecule has 2 nitrogen and oxygen atoms in total. The molecule has 0 aromatic carbocycles. The molecule has 2 heterocycles. The first-order valence-electron chi connectivity index (χ1n) is 5.74. The van der Waals surface area contributed by atoms with Gasteiger partial charge in [0.25, 0.3) is 0 Å². The van der Waals surface area contributed by atoms with E-state index in [0.29, 0.717) is 17.4 Å². The van der Waals surface area contributed by atoms with Gasteiger partial charge in [0.1, 0.15) is 11.5 Å². The van der Waals surface area contributed by atoms with Gasteiger partial charge >= 0.3 is 0 Å². The van der Waals surface area contributed by atoms with E-state index in [4.69, 9.17) is 0 Å². The summed E-state index contributed by atoms with van der Waals surface area (Å²) in [5, 5.41) is 0. The van der Waals surface area contributed by atoms with Crippen LogP contribution >= 0.6 is 0 Å². The SMILES string of the molecule is O=C1CCCN1CC#CC[S+]1CCCC1. The molecule has 2 rings (SSSR count). The summed E-state index contributed by atoms with van der Waals surface area (Å²) in [5.41, 5.74) is 0. The van der Waals surface area contributed by atoms with Crippen molar-refractivity contribution in [1.82, 2.24) is 4.90 Å². The number of hydrogen-bond acceptors (Lipinski definition) is 1. The van der Waals surface area contributed by atoms with Gasteiger partial charge in [-0.3, -0.25) is 4.79 Å². The molecular weight excluding hydrogens is 206 g/mol. The average Bonchev–Trinajstić information content (AvgIpc) is 2.85. The number of amides is 1. The van der Waals surface area contributed by atoms with E-state index in [2.05, 4.69) is 11.8 Å². The van der Waals surface area contributed by atoms with Crippen LogP contribution in [0, 0.1) is 11.8 Å². The fraction of sp³-hybridized carbons (Fsp3) is 0.750. The van der Waals surface area contributed by atoms with Crippen molar-refractivity contribution >= 4 is 16.8 Å². The summed E-state index contributed by atoms with van der Waals surface area (Å²) in [6.45, 7) is 1.58. The topological polar surface area (TPSA) is 20.3 Å². The second-order valence-electron chi connectivity index (χ2n) is 4.14. The van der Waals surface area contributed by atoms with Crippen LogP contribution in [0.25, 0.3) is 0 Å². The molecule has 0 atom stereocenters. The van der Waals surface area contributed by atoms with Crippen molar-refractivity contribution in [3.8, 4) is 11.8 Å². The summed E-state index contributed by atoms with van der Waals surface area (Å²) >= 11 is 0. The lowest BCUT2D eigenvalue weighted by Crippen LogP contribution is -2.24. The average molecular weight is 224 g/mol. The molecular formula is C12H18NOS+. The van der Waals surface area contributed by atoms with Crippen LogP contribution in [0.4, 0.5) is 0 Å². The van der Waals surface area contributed by atoms with Gasteiger partial charge in [0.05, 0.1) is 6.54 Å². The number of hydrogen-bond donors (Lipinski definition) is 0. The lowest BCUT2D eigenvalue weighted by Gasteiger charge is -2.09. The number of carbonyl (C=O) groups excluding carboxylic acids is 1. The third-order valence-electron chi connectivity index (χ3n) is 2.96. The van der Waals surface area contributed by atoms with Crippen LogP contribution in [0.2, 0.25) is 0 Å². The van der Waals surface area contributed by atoms with Gasteiger partial charge in [-0.15, -0.1) is 0 Å². The van der Waals surface area contributed by atoms with Crippen molar-refractivity contribution in [2.45, 2.75) is 25.7 Å². The number of rotatable bonds is 2. The summed E-state index contributed by atoms with van der Waals surface area (Å²) in [4.78, 5) is 13.2. The van der Waals surface area contributed by atoms with E-state index in [1.165, 1.54) is 24.3 Å². The maximum atomic E-state index is 11.3. The first-order valence-corrected chi connectivity index (χ1v) is 7.47. The van der Waals surface area contributed by atoms with Gasteiger partial charge in [-0.05, 0) is 36.1 Å².